The van der Waals surface area contributed by atoms with Gasteiger partial charge >= 0.3 is 0 Å². The molecule has 0 bridgehead atoms. The van der Waals surface area contributed by atoms with Crippen LogP contribution >= 0.6 is 39.1 Å². The Labute approximate surface area is 208 Å². The molecule has 0 heterocycles. The summed E-state index contributed by atoms with van der Waals surface area (Å²) >= 11 is 15.7. The van der Waals surface area contributed by atoms with Gasteiger partial charge in [-0.15, -0.1) is 0 Å². The SMILES string of the molecule is CCNC(=O)C(C)N(Cc1ccc(Cl)c(Cl)c1)C(=O)COc1ccc(C(C)(C)C)cc1Br. The molecule has 1 unspecified atom stereocenters. The van der Waals surface area contributed by atoms with Crippen molar-refractivity contribution in [2.24, 2.45) is 0 Å². The van der Waals surface area contributed by atoms with Crippen molar-refractivity contribution in [1.82, 2.24) is 10.2 Å². The third-order valence-corrected chi connectivity index (χ3v) is 6.36. The normalized spacial score (nSPS) is 12.2. The summed E-state index contributed by atoms with van der Waals surface area (Å²) in [4.78, 5) is 27.0. The third kappa shape index (κ3) is 7.12. The second kappa shape index (κ2) is 11.4. The van der Waals surface area contributed by atoms with Crippen molar-refractivity contribution in [3.63, 3.8) is 0 Å². The molecule has 2 aromatic rings. The van der Waals surface area contributed by atoms with Gasteiger partial charge in [-0.3, -0.25) is 9.59 Å². The van der Waals surface area contributed by atoms with Gasteiger partial charge in [0.25, 0.3) is 5.91 Å². The molecule has 1 atom stereocenters. The van der Waals surface area contributed by atoms with Crippen molar-refractivity contribution in [3.8, 4) is 5.75 Å². The average Bonchev–Trinajstić information content (AvgIpc) is 2.72. The zero-order valence-electron chi connectivity index (χ0n) is 19.0. The first-order chi connectivity index (χ1) is 14.9. The van der Waals surface area contributed by atoms with Crippen LogP contribution in [0.2, 0.25) is 10.0 Å². The quantitative estimate of drug-likeness (QED) is 0.445. The van der Waals surface area contributed by atoms with E-state index in [1.54, 1.807) is 25.1 Å². The second-order valence-corrected chi connectivity index (χ2v) is 10.2. The van der Waals surface area contributed by atoms with Crippen LogP contribution in [0.5, 0.6) is 5.75 Å². The van der Waals surface area contributed by atoms with E-state index in [4.69, 9.17) is 27.9 Å². The molecule has 0 aromatic heterocycles. The lowest BCUT2D eigenvalue weighted by Crippen LogP contribution is -2.49. The van der Waals surface area contributed by atoms with Crippen LogP contribution in [0.1, 0.15) is 45.7 Å². The molecule has 174 valence electrons. The van der Waals surface area contributed by atoms with Gasteiger partial charge < -0.3 is 15.0 Å². The molecule has 0 spiro atoms. The summed E-state index contributed by atoms with van der Waals surface area (Å²) in [6.45, 7) is 10.4. The lowest BCUT2D eigenvalue weighted by atomic mass is 9.87. The highest BCUT2D eigenvalue weighted by Crippen LogP contribution is 2.31. The maximum absolute atomic E-state index is 13.1. The minimum absolute atomic E-state index is 0.00437. The number of likely N-dealkylation sites (N-methyl/N-ethyl adjacent to an activating group) is 1. The van der Waals surface area contributed by atoms with Gasteiger partial charge in [-0.1, -0.05) is 56.1 Å². The minimum atomic E-state index is -0.688. The van der Waals surface area contributed by atoms with Crippen molar-refractivity contribution in [2.45, 2.75) is 52.6 Å². The molecule has 0 saturated carbocycles. The Morgan fingerprint density at radius 3 is 2.38 bits per heavy atom. The van der Waals surface area contributed by atoms with Crippen LogP contribution in [0.15, 0.2) is 40.9 Å². The van der Waals surface area contributed by atoms with Gasteiger partial charge in [0.2, 0.25) is 5.91 Å². The highest BCUT2D eigenvalue weighted by Gasteiger charge is 2.26. The number of halogens is 3. The van der Waals surface area contributed by atoms with E-state index in [0.29, 0.717) is 22.3 Å². The van der Waals surface area contributed by atoms with E-state index >= 15 is 0 Å². The number of carbonyl (C=O) groups excluding carboxylic acids is 2. The van der Waals surface area contributed by atoms with Crippen LogP contribution in [0.25, 0.3) is 0 Å². The van der Waals surface area contributed by atoms with Gasteiger partial charge in [-0.05, 0) is 70.6 Å². The van der Waals surface area contributed by atoms with Gasteiger partial charge in [0.15, 0.2) is 6.61 Å². The van der Waals surface area contributed by atoms with Crippen LogP contribution < -0.4 is 10.1 Å². The van der Waals surface area contributed by atoms with Crippen LogP contribution in [-0.4, -0.2) is 35.9 Å². The van der Waals surface area contributed by atoms with E-state index in [1.807, 2.05) is 25.1 Å². The Hall–Kier alpha value is -1.76. The molecule has 2 rings (SSSR count). The van der Waals surface area contributed by atoms with Crippen LogP contribution in [0.3, 0.4) is 0 Å². The van der Waals surface area contributed by atoms with Crippen molar-refractivity contribution in [1.29, 1.82) is 0 Å². The summed E-state index contributed by atoms with van der Waals surface area (Å²) in [5, 5.41) is 3.58. The van der Waals surface area contributed by atoms with E-state index in [0.717, 1.165) is 15.6 Å². The van der Waals surface area contributed by atoms with E-state index < -0.39 is 6.04 Å². The third-order valence-electron chi connectivity index (χ3n) is 5.00. The van der Waals surface area contributed by atoms with E-state index in [2.05, 4.69) is 42.0 Å². The summed E-state index contributed by atoms with van der Waals surface area (Å²) in [5.41, 5.74) is 1.91. The number of benzene rings is 2. The number of hydrogen-bond acceptors (Lipinski definition) is 3. The smallest absolute Gasteiger partial charge is 0.261 e. The van der Waals surface area contributed by atoms with Crippen molar-refractivity contribution >= 4 is 50.9 Å². The Bertz CT molecular complexity index is 976. The highest BCUT2D eigenvalue weighted by molar-refractivity contribution is 9.10. The molecule has 32 heavy (non-hydrogen) atoms. The number of rotatable bonds is 8. The molecule has 2 aromatic carbocycles. The standard InChI is InChI=1S/C24H29BrCl2N2O3/c1-6-28-23(31)15(2)29(13-16-7-9-19(26)20(27)11-16)22(30)14-32-21-10-8-17(12-18(21)25)24(3,4)5/h7-12,15H,6,13-14H2,1-5H3,(H,28,31). The first-order valence-electron chi connectivity index (χ1n) is 10.4. The molecule has 0 aliphatic heterocycles. The van der Waals surface area contributed by atoms with Crippen molar-refractivity contribution in [3.05, 3.63) is 62.0 Å². The zero-order chi connectivity index (χ0) is 24.1. The highest BCUT2D eigenvalue weighted by atomic mass is 79.9. The van der Waals surface area contributed by atoms with Crippen LogP contribution in [-0.2, 0) is 21.5 Å². The van der Waals surface area contributed by atoms with E-state index in [1.165, 1.54) is 4.90 Å². The molecular weight excluding hydrogens is 515 g/mol. The first-order valence-corrected chi connectivity index (χ1v) is 11.9. The fourth-order valence-electron chi connectivity index (χ4n) is 3.05. The number of carbonyl (C=O) groups is 2. The molecule has 0 fully saturated rings. The number of hydrogen-bond donors (Lipinski definition) is 1. The predicted octanol–water partition coefficient (Wildman–Crippen LogP) is 5.99. The van der Waals surface area contributed by atoms with Gasteiger partial charge in [-0.25, -0.2) is 0 Å². The van der Waals surface area contributed by atoms with Crippen LogP contribution in [0.4, 0.5) is 0 Å². The Morgan fingerprint density at radius 2 is 1.81 bits per heavy atom. The number of amides is 2. The fourth-order valence-corrected chi connectivity index (χ4v) is 3.86. The fraction of sp³-hybridized carbons (Fsp3) is 0.417. The molecule has 1 N–H and O–H groups in total. The average molecular weight is 544 g/mol. The molecule has 0 radical (unpaired) electrons. The lowest BCUT2D eigenvalue weighted by Gasteiger charge is -2.29. The molecule has 2 amide bonds. The number of nitrogens with zero attached hydrogens (tertiary/aromatic N) is 1. The zero-order valence-corrected chi connectivity index (χ0v) is 22.1. The summed E-state index contributed by atoms with van der Waals surface area (Å²) in [7, 11) is 0. The molecule has 8 heteroatoms. The molecule has 0 saturated heterocycles. The molecule has 5 nitrogen and oxygen atoms in total. The van der Waals surface area contributed by atoms with E-state index in [-0.39, 0.29) is 30.4 Å². The monoisotopic (exact) mass is 542 g/mol. The Morgan fingerprint density at radius 1 is 1.12 bits per heavy atom. The summed E-state index contributed by atoms with van der Waals surface area (Å²) < 4.78 is 6.57. The van der Waals surface area contributed by atoms with Gasteiger partial charge in [0.1, 0.15) is 11.8 Å². The maximum atomic E-state index is 13.1. The van der Waals surface area contributed by atoms with Gasteiger partial charge in [0.05, 0.1) is 14.5 Å². The maximum Gasteiger partial charge on any atom is 0.261 e. The van der Waals surface area contributed by atoms with E-state index in [9.17, 15) is 9.59 Å². The molecular formula is C24H29BrCl2N2O3. The molecule has 0 aliphatic carbocycles. The summed E-state index contributed by atoms with van der Waals surface area (Å²) in [6.07, 6.45) is 0. The molecule has 0 aliphatic rings. The Balaban J connectivity index is 2.20. The summed E-state index contributed by atoms with van der Waals surface area (Å²) in [5.74, 6) is 0.00439. The van der Waals surface area contributed by atoms with Crippen LogP contribution in [0, 0.1) is 0 Å². The second-order valence-electron chi connectivity index (χ2n) is 8.52. The van der Waals surface area contributed by atoms with Gasteiger partial charge in [-0.2, -0.15) is 0 Å². The Kier molecular flexibility index (Phi) is 9.43. The van der Waals surface area contributed by atoms with Crippen molar-refractivity contribution < 1.29 is 14.3 Å². The first kappa shape index (κ1) is 26.5. The lowest BCUT2D eigenvalue weighted by molar-refractivity contribution is -0.142. The van der Waals surface area contributed by atoms with Gasteiger partial charge in [0, 0.05) is 13.1 Å². The number of nitrogens with one attached hydrogen (secondary N) is 1. The predicted molar refractivity (Wildman–Crippen MR) is 133 cm³/mol. The largest absolute Gasteiger partial charge is 0.483 e. The van der Waals surface area contributed by atoms with Crippen molar-refractivity contribution in [2.75, 3.05) is 13.2 Å². The topological polar surface area (TPSA) is 58.6 Å². The minimum Gasteiger partial charge on any atom is -0.483 e. The summed E-state index contributed by atoms with van der Waals surface area (Å²) in [6, 6.07) is 10.3. The number of ether oxygens (including phenoxy) is 1.